The maximum absolute atomic E-state index is 6.08. The summed E-state index contributed by atoms with van der Waals surface area (Å²) in [6.07, 6.45) is 3.86. The van der Waals surface area contributed by atoms with Gasteiger partial charge in [-0.15, -0.1) is 0 Å². The van der Waals surface area contributed by atoms with E-state index in [0.717, 1.165) is 23.7 Å². The van der Waals surface area contributed by atoms with Crippen LogP contribution in [0.2, 0.25) is 0 Å². The van der Waals surface area contributed by atoms with Crippen molar-refractivity contribution in [2.75, 3.05) is 0 Å². The number of furan rings is 1. The van der Waals surface area contributed by atoms with Crippen molar-refractivity contribution in [3.05, 3.63) is 35.8 Å². The van der Waals surface area contributed by atoms with Crippen LogP contribution >= 0.6 is 0 Å². The van der Waals surface area contributed by atoms with Gasteiger partial charge in [0.15, 0.2) is 0 Å². The van der Waals surface area contributed by atoms with Crippen LogP contribution in [0.4, 0.5) is 0 Å². The first-order valence-corrected chi connectivity index (χ1v) is 5.38. The van der Waals surface area contributed by atoms with E-state index < -0.39 is 0 Å². The molecule has 86 valence electrons. The molecule has 0 radical (unpaired) electrons. The van der Waals surface area contributed by atoms with Gasteiger partial charge in [-0.2, -0.15) is 5.10 Å². The highest BCUT2D eigenvalue weighted by Crippen LogP contribution is 2.19. The Morgan fingerprint density at radius 3 is 3.00 bits per heavy atom. The minimum atomic E-state index is -0.163. The van der Waals surface area contributed by atoms with Gasteiger partial charge in [0.05, 0.1) is 12.3 Å². The molecule has 0 saturated carbocycles. The Labute approximate surface area is 94.3 Å². The minimum absolute atomic E-state index is 0.163. The molecule has 0 aliphatic carbocycles. The molecule has 5 nitrogen and oxygen atoms in total. The van der Waals surface area contributed by atoms with E-state index in [2.05, 4.69) is 10.1 Å². The Morgan fingerprint density at radius 1 is 1.56 bits per heavy atom. The second kappa shape index (κ2) is 4.49. The molecule has 2 rings (SSSR count). The SMILES string of the molecule is CCn1ncnc1CC(N)c1occc1C. The molecule has 16 heavy (non-hydrogen) atoms. The van der Waals surface area contributed by atoms with Crippen LogP contribution in [0, 0.1) is 6.92 Å². The number of rotatable bonds is 4. The lowest BCUT2D eigenvalue weighted by Gasteiger charge is -2.09. The van der Waals surface area contributed by atoms with Crippen molar-refractivity contribution in [2.45, 2.75) is 32.9 Å². The Balaban J connectivity index is 2.13. The highest BCUT2D eigenvalue weighted by atomic mass is 16.3. The zero-order valence-electron chi connectivity index (χ0n) is 9.55. The van der Waals surface area contributed by atoms with Crippen molar-refractivity contribution in [1.29, 1.82) is 0 Å². The van der Waals surface area contributed by atoms with Crippen LogP contribution in [-0.4, -0.2) is 14.8 Å². The summed E-state index contributed by atoms with van der Waals surface area (Å²) in [4.78, 5) is 4.20. The maximum atomic E-state index is 6.08. The molecule has 0 aliphatic rings. The number of nitrogens with zero attached hydrogens (tertiary/aromatic N) is 3. The van der Waals surface area contributed by atoms with E-state index >= 15 is 0 Å². The lowest BCUT2D eigenvalue weighted by atomic mass is 10.1. The van der Waals surface area contributed by atoms with Gasteiger partial charge in [-0.05, 0) is 25.5 Å². The van der Waals surface area contributed by atoms with Crippen LogP contribution in [0.25, 0.3) is 0 Å². The largest absolute Gasteiger partial charge is 0.467 e. The van der Waals surface area contributed by atoms with Crippen LogP contribution < -0.4 is 5.73 Å². The van der Waals surface area contributed by atoms with E-state index in [1.807, 2.05) is 24.6 Å². The standard InChI is InChI=1S/C11H16N4O/c1-3-15-10(13-7-14-15)6-9(12)11-8(2)4-5-16-11/h4-5,7,9H,3,6,12H2,1-2H3. The van der Waals surface area contributed by atoms with Gasteiger partial charge in [-0.1, -0.05) is 0 Å². The molecule has 2 aromatic rings. The second-order valence-corrected chi connectivity index (χ2v) is 3.77. The van der Waals surface area contributed by atoms with E-state index in [4.69, 9.17) is 10.2 Å². The summed E-state index contributed by atoms with van der Waals surface area (Å²) in [5.41, 5.74) is 7.16. The van der Waals surface area contributed by atoms with Crippen molar-refractivity contribution in [3.8, 4) is 0 Å². The quantitative estimate of drug-likeness (QED) is 0.846. The fraction of sp³-hybridized carbons (Fsp3) is 0.455. The zero-order chi connectivity index (χ0) is 11.5. The number of aromatic nitrogens is 3. The summed E-state index contributed by atoms with van der Waals surface area (Å²) in [5.74, 6) is 1.72. The highest BCUT2D eigenvalue weighted by Gasteiger charge is 2.15. The van der Waals surface area contributed by atoms with Crippen molar-refractivity contribution in [2.24, 2.45) is 5.73 Å². The lowest BCUT2D eigenvalue weighted by Crippen LogP contribution is -2.17. The van der Waals surface area contributed by atoms with E-state index in [0.29, 0.717) is 6.42 Å². The third kappa shape index (κ3) is 1.99. The zero-order valence-corrected chi connectivity index (χ0v) is 9.55. The smallest absolute Gasteiger partial charge is 0.138 e. The van der Waals surface area contributed by atoms with E-state index in [1.54, 1.807) is 12.6 Å². The van der Waals surface area contributed by atoms with Crippen LogP contribution in [-0.2, 0) is 13.0 Å². The number of aryl methyl sites for hydroxylation is 2. The number of nitrogens with two attached hydrogens (primary N) is 1. The average molecular weight is 220 g/mol. The Kier molecular flexibility index (Phi) is 3.05. The number of hydrogen-bond donors (Lipinski definition) is 1. The van der Waals surface area contributed by atoms with Gasteiger partial charge in [0.1, 0.15) is 17.9 Å². The first-order valence-electron chi connectivity index (χ1n) is 5.38. The minimum Gasteiger partial charge on any atom is -0.467 e. The van der Waals surface area contributed by atoms with Crippen molar-refractivity contribution in [1.82, 2.24) is 14.8 Å². The predicted molar refractivity (Wildman–Crippen MR) is 59.8 cm³/mol. The van der Waals surface area contributed by atoms with Crippen molar-refractivity contribution < 1.29 is 4.42 Å². The fourth-order valence-corrected chi connectivity index (χ4v) is 1.76. The van der Waals surface area contributed by atoms with Gasteiger partial charge in [-0.3, -0.25) is 4.68 Å². The predicted octanol–water partition coefficient (Wildman–Crippen LogP) is 1.44. The summed E-state index contributed by atoms with van der Waals surface area (Å²) < 4.78 is 7.21. The van der Waals surface area contributed by atoms with Gasteiger partial charge in [0, 0.05) is 13.0 Å². The maximum Gasteiger partial charge on any atom is 0.138 e. The van der Waals surface area contributed by atoms with Crippen LogP contribution in [0.3, 0.4) is 0 Å². The monoisotopic (exact) mass is 220 g/mol. The summed E-state index contributed by atoms with van der Waals surface area (Å²) in [6, 6.07) is 1.75. The van der Waals surface area contributed by atoms with E-state index in [9.17, 15) is 0 Å². The van der Waals surface area contributed by atoms with Crippen LogP contribution in [0.15, 0.2) is 23.1 Å². The Morgan fingerprint density at radius 2 is 2.38 bits per heavy atom. The lowest BCUT2D eigenvalue weighted by molar-refractivity contribution is 0.451. The third-order valence-electron chi connectivity index (χ3n) is 2.64. The summed E-state index contributed by atoms with van der Waals surface area (Å²) in [6.45, 7) is 4.82. The van der Waals surface area contributed by atoms with Crippen LogP contribution in [0.1, 0.15) is 30.1 Å². The van der Waals surface area contributed by atoms with E-state index in [1.165, 1.54) is 0 Å². The molecule has 0 spiro atoms. The molecular weight excluding hydrogens is 204 g/mol. The molecule has 2 aromatic heterocycles. The van der Waals surface area contributed by atoms with Gasteiger partial charge in [0.25, 0.3) is 0 Å². The van der Waals surface area contributed by atoms with Gasteiger partial charge >= 0.3 is 0 Å². The van der Waals surface area contributed by atoms with E-state index in [-0.39, 0.29) is 6.04 Å². The van der Waals surface area contributed by atoms with Gasteiger partial charge in [0.2, 0.25) is 0 Å². The molecular formula is C11H16N4O. The molecule has 0 bridgehead atoms. The van der Waals surface area contributed by atoms with Gasteiger partial charge in [-0.25, -0.2) is 4.98 Å². The van der Waals surface area contributed by atoms with Gasteiger partial charge < -0.3 is 10.2 Å². The first-order chi connectivity index (χ1) is 7.72. The highest BCUT2D eigenvalue weighted by molar-refractivity contribution is 5.18. The van der Waals surface area contributed by atoms with Crippen molar-refractivity contribution >= 4 is 0 Å². The first kappa shape index (κ1) is 10.9. The normalized spacial score (nSPS) is 12.9. The molecule has 0 aliphatic heterocycles. The second-order valence-electron chi connectivity index (χ2n) is 3.77. The fourth-order valence-electron chi connectivity index (χ4n) is 1.76. The summed E-state index contributed by atoms with van der Waals surface area (Å²) in [5, 5.41) is 4.11. The summed E-state index contributed by atoms with van der Waals surface area (Å²) in [7, 11) is 0. The molecule has 0 aromatic carbocycles. The average Bonchev–Trinajstić information content (AvgIpc) is 2.86. The van der Waals surface area contributed by atoms with Crippen molar-refractivity contribution in [3.63, 3.8) is 0 Å². The number of hydrogen-bond acceptors (Lipinski definition) is 4. The topological polar surface area (TPSA) is 69.9 Å². The molecule has 0 saturated heterocycles. The molecule has 1 unspecified atom stereocenters. The molecule has 0 fully saturated rings. The Hall–Kier alpha value is -1.62. The molecule has 2 N–H and O–H groups in total. The molecule has 5 heteroatoms. The summed E-state index contributed by atoms with van der Waals surface area (Å²) >= 11 is 0. The molecule has 1 atom stereocenters. The van der Waals surface area contributed by atoms with Crippen LogP contribution in [0.5, 0.6) is 0 Å². The molecule has 0 amide bonds. The Bertz CT molecular complexity index is 460. The molecule has 2 heterocycles. The third-order valence-corrected chi connectivity index (χ3v) is 2.64.